The van der Waals surface area contributed by atoms with Gasteiger partial charge < -0.3 is 19.2 Å². The van der Waals surface area contributed by atoms with Crippen LogP contribution in [0.1, 0.15) is 37.0 Å². The van der Waals surface area contributed by atoms with Crippen LogP contribution in [0.4, 0.5) is 4.79 Å². The van der Waals surface area contributed by atoms with Crippen molar-refractivity contribution in [1.82, 2.24) is 10.2 Å². The highest BCUT2D eigenvalue weighted by atomic mass is 16.5. The van der Waals surface area contributed by atoms with E-state index in [1.165, 1.54) is 12.8 Å². The smallest absolute Gasteiger partial charge is 0.322 e. The molecule has 5 rings (SSSR count). The van der Waals surface area contributed by atoms with E-state index >= 15 is 0 Å². The zero-order chi connectivity index (χ0) is 21.2. The minimum Gasteiger partial charge on any atom is -0.493 e. The maximum absolute atomic E-state index is 12.5. The van der Waals surface area contributed by atoms with E-state index in [2.05, 4.69) is 5.32 Å². The van der Waals surface area contributed by atoms with Crippen molar-refractivity contribution in [3.63, 3.8) is 0 Å². The summed E-state index contributed by atoms with van der Waals surface area (Å²) < 4.78 is 17.5. The Hall–Kier alpha value is -3.41. The molecule has 0 saturated heterocycles. The number of carbonyl (C=O) groups is 1. The lowest BCUT2D eigenvalue weighted by molar-refractivity contribution is 0.200. The third-order valence-electron chi connectivity index (χ3n) is 6.04. The molecule has 1 aliphatic carbocycles. The van der Waals surface area contributed by atoms with E-state index < -0.39 is 0 Å². The number of methoxy groups -OCH3 is 1. The van der Waals surface area contributed by atoms with Crippen molar-refractivity contribution in [3.8, 4) is 11.5 Å². The zero-order valence-electron chi connectivity index (χ0n) is 17.6. The highest BCUT2D eigenvalue weighted by Gasteiger charge is 2.23. The number of hydrogen-bond acceptors (Lipinski definition) is 4. The van der Waals surface area contributed by atoms with E-state index in [0.717, 1.165) is 52.0 Å². The number of ether oxygens (including phenoxy) is 2. The Bertz CT molecular complexity index is 1130. The van der Waals surface area contributed by atoms with E-state index in [9.17, 15) is 4.79 Å². The van der Waals surface area contributed by atoms with Crippen LogP contribution < -0.4 is 14.8 Å². The summed E-state index contributed by atoms with van der Waals surface area (Å²) in [7, 11) is 1.66. The number of nitrogens with one attached hydrogen (secondary N) is 1. The first kappa shape index (κ1) is 19.5. The molecule has 1 aromatic heterocycles. The SMILES string of the molecule is COc1ccc(C2=CN(Cc3occ4ccccc34)C(=O)NC2)cc1OC1CCCC1. The number of rotatable bonds is 6. The molecular weight excluding hydrogens is 392 g/mol. The van der Waals surface area contributed by atoms with Gasteiger partial charge in [0.2, 0.25) is 0 Å². The number of nitrogens with zero attached hydrogens (tertiary/aromatic N) is 1. The van der Waals surface area contributed by atoms with E-state index in [0.29, 0.717) is 13.1 Å². The molecule has 1 fully saturated rings. The topological polar surface area (TPSA) is 63.9 Å². The van der Waals surface area contributed by atoms with Gasteiger partial charge in [0.1, 0.15) is 5.76 Å². The summed E-state index contributed by atoms with van der Waals surface area (Å²) in [6.07, 6.45) is 8.45. The Labute approximate surface area is 181 Å². The van der Waals surface area contributed by atoms with Crippen LogP contribution in [0.3, 0.4) is 0 Å². The van der Waals surface area contributed by atoms with Gasteiger partial charge in [-0.1, -0.05) is 30.3 Å². The zero-order valence-corrected chi connectivity index (χ0v) is 17.6. The number of furan rings is 1. The van der Waals surface area contributed by atoms with Crippen molar-refractivity contribution < 1.29 is 18.7 Å². The first-order valence-corrected chi connectivity index (χ1v) is 10.8. The average Bonchev–Trinajstić information content (AvgIpc) is 3.45. The Kier molecular flexibility index (Phi) is 5.28. The third kappa shape index (κ3) is 3.98. The van der Waals surface area contributed by atoms with Crippen LogP contribution in [0, 0.1) is 0 Å². The number of hydrogen-bond donors (Lipinski definition) is 1. The molecule has 3 aromatic rings. The van der Waals surface area contributed by atoms with Crippen LogP contribution in [-0.2, 0) is 6.54 Å². The van der Waals surface area contributed by atoms with E-state index in [1.807, 2.05) is 48.7 Å². The summed E-state index contributed by atoms with van der Waals surface area (Å²) in [5.74, 6) is 2.26. The molecule has 2 aromatic carbocycles. The molecule has 2 heterocycles. The van der Waals surface area contributed by atoms with Crippen LogP contribution in [-0.4, -0.2) is 30.7 Å². The predicted octanol–water partition coefficient (Wildman–Crippen LogP) is 5.33. The molecule has 6 heteroatoms. The average molecular weight is 418 g/mol. The fourth-order valence-electron chi connectivity index (χ4n) is 4.34. The van der Waals surface area contributed by atoms with Gasteiger partial charge in [-0.2, -0.15) is 0 Å². The predicted molar refractivity (Wildman–Crippen MR) is 119 cm³/mol. The highest BCUT2D eigenvalue weighted by molar-refractivity contribution is 5.86. The second-order valence-corrected chi connectivity index (χ2v) is 8.08. The van der Waals surface area contributed by atoms with Crippen molar-refractivity contribution in [1.29, 1.82) is 0 Å². The number of amides is 2. The van der Waals surface area contributed by atoms with Crippen molar-refractivity contribution in [2.45, 2.75) is 38.3 Å². The van der Waals surface area contributed by atoms with Gasteiger partial charge in [-0.05, 0) is 49.0 Å². The standard InChI is InChI=1S/C25H26N2O4/c1-29-22-11-10-17(12-23(22)31-20-7-3-4-8-20)19-13-26-25(28)27(14-19)15-24-21-9-5-2-6-18(21)16-30-24/h2,5-6,9-12,14,16,20H,3-4,7-8,13,15H2,1H3,(H,26,28). The summed E-state index contributed by atoms with van der Waals surface area (Å²) >= 11 is 0. The first-order chi connectivity index (χ1) is 15.2. The third-order valence-corrected chi connectivity index (χ3v) is 6.04. The largest absolute Gasteiger partial charge is 0.493 e. The number of carbonyl (C=O) groups excluding carboxylic acids is 1. The van der Waals surface area contributed by atoms with Crippen LogP contribution >= 0.6 is 0 Å². The highest BCUT2D eigenvalue weighted by Crippen LogP contribution is 2.35. The maximum atomic E-state index is 12.5. The monoisotopic (exact) mass is 418 g/mol. The Morgan fingerprint density at radius 2 is 1.97 bits per heavy atom. The second-order valence-electron chi connectivity index (χ2n) is 8.08. The molecule has 6 nitrogen and oxygen atoms in total. The number of benzene rings is 2. The molecule has 1 N–H and O–H groups in total. The van der Waals surface area contributed by atoms with Crippen LogP contribution in [0.15, 0.2) is 59.3 Å². The van der Waals surface area contributed by atoms with Crippen LogP contribution in [0.25, 0.3) is 16.3 Å². The summed E-state index contributed by atoms with van der Waals surface area (Å²) in [4.78, 5) is 14.2. The lowest BCUT2D eigenvalue weighted by Gasteiger charge is -2.26. The summed E-state index contributed by atoms with van der Waals surface area (Å²) in [6, 6.07) is 13.8. The summed E-state index contributed by atoms with van der Waals surface area (Å²) in [5, 5.41) is 5.02. The van der Waals surface area contributed by atoms with Crippen molar-refractivity contribution in [2.24, 2.45) is 0 Å². The van der Waals surface area contributed by atoms with E-state index in [1.54, 1.807) is 18.3 Å². The van der Waals surface area contributed by atoms with Crippen LogP contribution in [0.2, 0.25) is 0 Å². The van der Waals surface area contributed by atoms with Gasteiger partial charge in [-0.3, -0.25) is 4.90 Å². The molecular formula is C25H26N2O4. The molecule has 31 heavy (non-hydrogen) atoms. The minimum atomic E-state index is -0.139. The molecule has 2 amide bonds. The Morgan fingerprint density at radius 3 is 2.81 bits per heavy atom. The van der Waals surface area contributed by atoms with Crippen molar-refractivity contribution in [3.05, 3.63) is 66.3 Å². The second kappa shape index (κ2) is 8.38. The van der Waals surface area contributed by atoms with Gasteiger partial charge in [-0.25, -0.2) is 4.79 Å². The lowest BCUT2D eigenvalue weighted by Crippen LogP contribution is -2.41. The van der Waals surface area contributed by atoms with Gasteiger partial charge in [0.15, 0.2) is 11.5 Å². The van der Waals surface area contributed by atoms with Gasteiger partial charge >= 0.3 is 6.03 Å². The lowest BCUT2D eigenvalue weighted by atomic mass is 10.0. The van der Waals surface area contributed by atoms with Gasteiger partial charge in [0.25, 0.3) is 0 Å². The molecule has 0 radical (unpaired) electrons. The minimum absolute atomic E-state index is 0.139. The molecule has 0 bridgehead atoms. The van der Waals surface area contributed by atoms with Gasteiger partial charge in [0, 0.05) is 23.5 Å². The fraction of sp³-hybridized carbons (Fsp3) is 0.320. The fourth-order valence-corrected chi connectivity index (χ4v) is 4.34. The normalized spacial score (nSPS) is 17.0. The molecule has 2 aliphatic rings. The molecule has 0 spiro atoms. The van der Waals surface area contributed by atoms with Crippen molar-refractivity contribution in [2.75, 3.05) is 13.7 Å². The van der Waals surface area contributed by atoms with E-state index in [-0.39, 0.29) is 12.1 Å². The Balaban J connectivity index is 1.42. The van der Waals surface area contributed by atoms with Gasteiger partial charge in [-0.15, -0.1) is 0 Å². The van der Waals surface area contributed by atoms with Gasteiger partial charge in [0.05, 0.1) is 26.0 Å². The number of fused-ring (bicyclic) bond motifs is 1. The molecule has 1 saturated carbocycles. The molecule has 0 unspecified atom stereocenters. The van der Waals surface area contributed by atoms with Crippen molar-refractivity contribution >= 4 is 22.4 Å². The summed E-state index contributed by atoms with van der Waals surface area (Å²) in [6.45, 7) is 0.827. The Morgan fingerprint density at radius 1 is 1.13 bits per heavy atom. The molecule has 160 valence electrons. The molecule has 0 atom stereocenters. The first-order valence-electron chi connectivity index (χ1n) is 10.8. The van der Waals surface area contributed by atoms with E-state index in [4.69, 9.17) is 13.9 Å². The number of urea groups is 1. The quantitative estimate of drug-likeness (QED) is 0.588. The van der Waals surface area contributed by atoms with Crippen LogP contribution in [0.5, 0.6) is 11.5 Å². The summed E-state index contributed by atoms with van der Waals surface area (Å²) in [5.41, 5.74) is 2.01. The molecule has 1 aliphatic heterocycles. The maximum Gasteiger partial charge on any atom is 0.322 e.